The summed E-state index contributed by atoms with van der Waals surface area (Å²) in [6, 6.07) is 13.0. The highest BCUT2D eigenvalue weighted by Gasteiger charge is 2.45. The maximum Gasteiger partial charge on any atom is 0.327 e. The number of Topliss-reactive ketones (excluding diaryl/α,β-unsaturated/α-hetero) is 1. The van der Waals surface area contributed by atoms with Gasteiger partial charge in [-0.05, 0) is 41.7 Å². The lowest BCUT2D eigenvalue weighted by atomic mass is 9.68. The lowest BCUT2D eigenvalue weighted by molar-refractivity contribution is -0.384. The summed E-state index contributed by atoms with van der Waals surface area (Å²) in [7, 11) is 1.55. The van der Waals surface area contributed by atoms with E-state index < -0.39 is 22.1 Å². The Morgan fingerprint density at radius 2 is 1.78 bits per heavy atom. The van der Waals surface area contributed by atoms with E-state index in [4.69, 9.17) is 4.74 Å². The second-order valence-electron chi connectivity index (χ2n) is 9.79. The van der Waals surface area contributed by atoms with Crippen LogP contribution in [-0.2, 0) is 4.79 Å². The number of non-ortho nitro benzene ring substituents is 1. The van der Waals surface area contributed by atoms with E-state index in [9.17, 15) is 24.5 Å². The summed E-state index contributed by atoms with van der Waals surface area (Å²) in [5, 5.41) is 11.5. The number of nitrogens with one attached hydrogen (secondary N) is 2. The molecule has 36 heavy (non-hydrogen) atoms. The molecule has 0 saturated heterocycles. The molecule has 0 saturated carbocycles. The van der Waals surface area contributed by atoms with Gasteiger partial charge in [-0.15, -0.1) is 0 Å². The van der Waals surface area contributed by atoms with Crippen LogP contribution < -0.4 is 20.9 Å². The number of hydrogen-bond acceptors (Lipinski definition) is 7. The number of H-pyrrole nitrogens is 2. The first-order chi connectivity index (χ1) is 17.1. The standard InChI is InChI=1S/C26H24N4O6/c1-26(2)12-18-21(19(31)13-26)20(14-5-4-6-16(11-14)30(34)35)22-23(27-25(33)28-24(22)32)29(18)15-7-9-17(36-3)10-8-15/h4-11,20H,12-13H2,1-3H3,(H2,27,28,32,33). The lowest BCUT2D eigenvalue weighted by Gasteiger charge is -2.44. The van der Waals surface area contributed by atoms with E-state index in [0.29, 0.717) is 34.7 Å². The van der Waals surface area contributed by atoms with E-state index in [1.54, 1.807) is 42.3 Å². The number of ketones is 1. The molecule has 2 N–H and O–H groups in total. The van der Waals surface area contributed by atoms with Crippen molar-refractivity contribution in [3.05, 3.63) is 102 Å². The van der Waals surface area contributed by atoms with Crippen LogP contribution in [0.1, 0.15) is 43.7 Å². The van der Waals surface area contributed by atoms with Gasteiger partial charge in [0.05, 0.1) is 17.6 Å². The number of nitro benzene ring substituents is 1. The number of carbonyl (C=O) groups excluding carboxylic acids is 1. The SMILES string of the molecule is COc1ccc(N2C3=C(C(=O)CC(C)(C)C3)C(c3cccc([N+](=O)[O-])c3)c3c2[nH]c(=O)[nH]c3=O)cc1. The third-order valence-corrected chi connectivity index (χ3v) is 6.67. The molecule has 1 aliphatic carbocycles. The predicted molar refractivity (Wildman–Crippen MR) is 133 cm³/mol. The molecular weight excluding hydrogens is 464 g/mol. The van der Waals surface area contributed by atoms with Crippen molar-refractivity contribution in [1.29, 1.82) is 0 Å². The zero-order valence-corrected chi connectivity index (χ0v) is 20.0. The van der Waals surface area contributed by atoms with Gasteiger partial charge in [-0.1, -0.05) is 26.0 Å². The quantitative estimate of drug-likeness (QED) is 0.419. The van der Waals surface area contributed by atoms with Crippen molar-refractivity contribution >= 4 is 23.0 Å². The number of ether oxygens (including phenoxy) is 1. The third-order valence-electron chi connectivity index (χ3n) is 6.67. The number of rotatable bonds is 4. The zero-order chi connectivity index (χ0) is 25.8. The molecule has 0 bridgehead atoms. The minimum atomic E-state index is -0.881. The minimum absolute atomic E-state index is 0.146. The highest BCUT2D eigenvalue weighted by Crippen LogP contribution is 2.52. The van der Waals surface area contributed by atoms with E-state index in [1.165, 1.54) is 18.2 Å². The fraction of sp³-hybridized carbons (Fsp3) is 0.269. The number of nitrogens with zero attached hydrogens (tertiary/aromatic N) is 2. The number of hydrogen-bond donors (Lipinski definition) is 2. The molecule has 1 aromatic heterocycles. The van der Waals surface area contributed by atoms with Crippen molar-refractivity contribution in [1.82, 2.24) is 9.97 Å². The van der Waals surface area contributed by atoms with E-state index in [-0.39, 0.29) is 34.7 Å². The molecule has 1 unspecified atom stereocenters. The van der Waals surface area contributed by atoms with Gasteiger partial charge in [0, 0.05) is 41.4 Å². The third kappa shape index (κ3) is 3.80. The van der Waals surface area contributed by atoms with Crippen molar-refractivity contribution < 1.29 is 14.5 Å². The number of methoxy groups -OCH3 is 1. The van der Waals surface area contributed by atoms with Gasteiger partial charge in [0.2, 0.25) is 0 Å². The molecule has 5 rings (SSSR count). The van der Waals surface area contributed by atoms with Gasteiger partial charge in [0.1, 0.15) is 11.6 Å². The number of aromatic nitrogens is 2. The van der Waals surface area contributed by atoms with Crippen molar-refractivity contribution in [2.75, 3.05) is 12.0 Å². The Hall–Kier alpha value is -4.47. The molecular formula is C26H24N4O6. The van der Waals surface area contributed by atoms with E-state index in [0.717, 1.165) is 0 Å². The highest BCUT2D eigenvalue weighted by molar-refractivity contribution is 6.02. The molecule has 3 aromatic rings. The van der Waals surface area contributed by atoms with Gasteiger partial charge < -0.3 is 4.74 Å². The Bertz CT molecular complexity index is 1550. The Labute approximate surface area is 205 Å². The average Bonchev–Trinajstić information content (AvgIpc) is 2.82. The molecule has 2 heterocycles. The second-order valence-corrected chi connectivity index (χ2v) is 9.79. The average molecular weight is 489 g/mol. The molecule has 10 nitrogen and oxygen atoms in total. The van der Waals surface area contributed by atoms with Gasteiger partial charge in [0.25, 0.3) is 11.2 Å². The van der Waals surface area contributed by atoms with Crippen LogP contribution in [0.2, 0.25) is 0 Å². The summed E-state index contributed by atoms with van der Waals surface area (Å²) in [6.45, 7) is 3.97. The molecule has 1 aliphatic heterocycles. The first-order valence-corrected chi connectivity index (χ1v) is 11.4. The molecule has 0 amide bonds. The molecule has 0 spiro atoms. The van der Waals surface area contributed by atoms with Crippen molar-refractivity contribution in [3.8, 4) is 5.75 Å². The molecule has 2 aliphatic rings. The largest absolute Gasteiger partial charge is 0.497 e. The van der Waals surface area contributed by atoms with Gasteiger partial charge >= 0.3 is 5.69 Å². The smallest absolute Gasteiger partial charge is 0.327 e. The minimum Gasteiger partial charge on any atom is -0.497 e. The summed E-state index contributed by atoms with van der Waals surface area (Å²) >= 11 is 0. The number of anilines is 2. The van der Waals surface area contributed by atoms with Crippen LogP contribution in [-0.4, -0.2) is 27.8 Å². The van der Waals surface area contributed by atoms with Crippen LogP contribution in [0.3, 0.4) is 0 Å². The second kappa shape index (κ2) is 8.33. The topological polar surface area (TPSA) is 138 Å². The molecule has 0 radical (unpaired) electrons. The number of fused-ring (bicyclic) bond motifs is 1. The number of nitro groups is 1. The van der Waals surface area contributed by atoms with Gasteiger partial charge in [-0.25, -0.2) is 4.79 Å². The van der Waals surface area contributed by atoms with Gasteiger partial charge in [-0.2, -0.15) is 0 Å². The summed E-state index contributed by atoms with van der Waals surface area (Å²) in [5.41, 5.74) is 0.367. The Morgan fingerprint density at radius 3 is 2.44 bits per heavy atom. The summed E-state index contributed by atoms with van der Waals surface area (Å²) in [4.78, 5) is 57.2. The summed E-state index contributed by atoms with van der Waals surface area (Å²) < 4.78 is 5.27. The number of allylic oxidation sites excluding steroid dienone is 2. The van der Waals surface area contributed by atoms with E-state index in [1.807, 2.05) is 13.8 Å². The molecule has 10 heteroatoms. The highest BCUT2D eigenvalue weighted by atomic mass is 16.6. The fourth-order valence-corrected chi connectivity index (χ4v) is 5.20. The zero-order valence-electron chi connectivity index (χ0n) is 20.0. The van der Waals surface area contributed by atoms with Crippen LogP contribution in [0, 0.1) is 15.5 Å². The first kappa shape index (κ1) is 23.3. The van der Waals surface area contributed by atoms with Crippen molar-refractivity contribution in [2.45, 2.75) is 32.6 Å². The van der Waals surface area contributed by atoms with Crippen LogP contribution >= 0.6 is 0 Å². The molecule has 0 fully saturated rings. The summed E-state index contributed by atoms with van der Waals surface area (Å²) in [5.74, 6) is -0.171. The fourth-order valence-electron chi connectivity index (χ4n) is 5.20. The van der Waals surface area contributed by atoms with Gasteiger partial charge in [0.15, 0.2) is 5.78 Å². The number of carbonyl (C=O) groups is 1. The maximum absolute atomic E-state index is 13.7. The van der Waals surface area contributed by atoms with E-state index >= 15 is 0 Å². The lowest BCUT2D eigenvalue weighted by Crippen LogP contribution is -2.42. The van der Waals surface area contributed by atoms with Crippen LogP contribution in [0.4, 0.5) is 17.2 Å². The Morgan fingerprint density at radius 1 is 1.06 bits per heavy atom. The monoisotopic (exact) mass is 488 g/mol. The normalized spacial score (nSPS) is 18.5. The number of aromatic amines is 2. The van der Waals surface area contributed by atoms with Crippen LogP contribution in [0.15, 0.2) is 69.4 Å². The van der Waals surface area contributed by atoms with E-state index in [2.05, 4.69) is 9.97 Å². The molecule has 1 atom stereocenters. The van der Waals surface area contributed by atoms with Crippen molar-refractivity contribution in [2.24, 2.45) is 5.41 Å². The van der Waals surface area contributed by atoms with Gasteiger partial charge in [-0.3, -0.25) is 34.6 Å². The molecule has 2 aromatic carbocycles. The van der Waals surface area contributed by atoms with Crippen LogP contribution in [0.25, 0.3) is 0 Å². The predicted octanol–water partition coefficient (Wildman–Crippen LogP) is 3.91. The Balaban J connectivity index is 1.86. The van der Waals surface area contributed by atoms with Crippen molar-refractivity contribution in [3.63, 3.8) is 0 Å². The maximum atomic E-state index is 13.7. The summed E-state index contributed by atoms with van der Waals surface area (Å²) in [6.07, 6.45) is 0.740. The molecule has 184 valence electrons. The first-order valence-electron chi connectivity index (χ1n) is 11.4. The number of benzene rings is 2. The van der Waals surface area contributed by atoms with Crippen LogP contribution in [0.5, 0.6) is 5.75 Å². The Kier molecular flexibility index (Phi) is 5.39.